The third-order valence-electron chi connectivity index (χ3n) is 2.82. The first-order valence-corrected chi connectivity index (χ1v) is 5.96. The molecule has 17 heavy (non-hydrogen) atoms. The molecule has 0 spiro atoms. The van der Waals surface area contributed by atoms with E-state index in [-0.39, 0.29) is 6.61 Å². The van der Waals surface area contributed by atoms with E-state index in [0.29, 0.717) is 6.54 Å². The zero-order valence-corrected chi connectivity index (χ0v) is 10.9. The quantitative estimate of drug-likeness (QED) is 0.470. The highest BCUT2D eigenvalue weighted by atomic mass is 16.3. The number of anilines is 1. The number of hydrogen-bond donors (Lipinski definition) is 3. The minimum Gasteiger partial charge on any atom is -0.395 e. The third-order valence-corrected chi connectivity index (χ3v) is 2.82. The van der Waals surface area contributed by atoms with Crippen LogP contribution < -0.4 is 11.3 Å². The fourth-order valence-corrected chi connectivity index (χ4v) is 2.02. The molecular weight excluding hydrogens is 218 g/mol. The monoisotopic (exact) mass is 241 g/mol. The molecule has 0 radical (unpaired) electrons. The van der Waals surface area contributed by atoms with E-state index in [9.17, 15) is 0 Å². The molecule has 0 aliphatic heterocycles. The van der Waals surface area contributed by atoms with E-state index in [4.69, 9.17) is 10.9 Å². The summed E-state index contributed by atoms with van der Waals surface area (Å²) in [6, 6.07) is 0. The summed E-state index contributed by atoms with van der Waals surface area (Å²) in [6.45, 7) is 6.66. The predicted molar refractivity (Wildman–Crippen MR) is 68.4 cm³/mol. The molecule has 1 aromatic rings. The molecule has 1 heterocycles. The Bertz CT molecular complexity index is 344. The summed E-state index contributed by atoms with van der Waals surface area (Å²) in [5.74, 6) is 6.34. The number of hydrogen-bond acceptors (Lipinski definition) is 5. The Kier molecular flexibility index (Phi) is 5.40. The Morgan fingerprint density at radius 3 is 2.71 bits per heavy atom. The van der Waals surface area contributed by atoms with Gasteiger partial charge in [-0.1, -0.05) is 6.92 Å². The molecule has 0 bridgehead atoms. The van der Waals surface area contributed by atoms with Crippen LogP contribution in [0.2, 0.25) is 0 Å². The number of nitrogens with two attached hydrogens (primary N) is 1. The van der Waals surface area contributed by atoms with Gasteiger partial charge in [-0.2, -0.15) is 5.10 Å². The summed E-state index contributed by atoms with van der Waals surface area (Å²) in [4.78, 5) is 2.20. The van der Waals surface area contributed by atoms with Crippen LogP contribution in [0.15, 0.2) is 0 Å². The van der Waals surface area contributed by atoms with Crippen molar-refractivity contribution < 1.29 is 5.11 Å². The number of aryl methyl sites for hydroxylation is 2. The molecule has 0 unspecified atom stereocenters. The van der Waals surface area contributed by atoms with Gasteiger partial charge >= 0.3 is 0 Å². The Hall–Kier alpha value is -1.11. The zero-order valence-electron chi connectivity index (χ0n) is 10.9. The molecule has 0 aromatic carbocycles. The molecule has 1 aromatic heterocycles. The average Bonchev–Trinajstić information content (AvgIpc) is 2.54. The third kappa shape index (κ3) is 3.42. The van der Waals surface area contributed by atoms with Gasteiger partial charge in [-0.05, 0) is 19.9 Å². The highest BCUT2D eigenvalue weighted by Crippen LogP contribution is 2.19. The fraction of sp³-hybridized carbons (Fsp3) is 0.727. The molecule has 0 aliphatic carbocycles. The van der Waals surface area contributed by atoms with Crippen molar-refractivity contribution in [2.75, 3.05) is 25.1 Å². The molecule has 4 N–H and O–H groups in total. The van der Waals surface area contributed by atoms with E-state index in [1.165, 1.54) is 0 Å². The van der Waals surface area contributed by atoms with Gasteiger partial charge in [0.1, 0.15) is 5.82 Å². The van der Waals surface area contributed by atoms with Crippen molar-refractivity contribution in [3.63, 3.8) is 0 Å². The Balaban J connectivity index is 2.83. The van der Waals surface area contributed by atoms with Crippen LogP contribution >= 0.6 is 0 Å². The Labute approximate surface area is 102 Å². The lowest BCUT2D eigenvalue weighted by Gasteiger charge is -2.20. The van der Waals surface area contributed by atoms with Crippen LogP contribution in [0.1, 0.15) is 24.6 Å². The van der Waals surface area contributed by atoms with Crippen molar-refractivity contribution in [3.05, 3.63) is 11.3 Å². The van der Waals surface area contributed by atoms with Crippen molar-refractivity contribution in [3.8, 4) is 0 Å². The van der Waals surface area contributed by atoms with Gasteiger partial charge in [0.2, 0.25) is 0 Å². The second-order valence-electron chi connectivity index (χ2n) is 4.18. The van der Waals surface area contributed by atoms with Gasteiger partial charge in [0.05, 0.1) is 12.3 Å². The molecule has 0 atom stereocenters. The maximum Gasteiger partial charge on any atom is 0.142 e. The Morgan fingerprint density at radius 2 is 2.18 bits per heavy atom. The molecule has 0 saturated carbocycles. The minimum atomic E-state index is 0.171. The zero-order chi connectivity index (χ0) is 12.8. The van der Waals surface area contributed by atoms with E-state index in [1.54, 1.807) is 4.68 Å². The maximum absolute atomic E-state index is 9.04. The number of hydrazine groups is 1. The van der Waals surface area contributed by atoms with Crippen LogP contribution in [-0.2, 0) is 13.6 Å². The molecule has 0 aliphatic rings. The molecule has 0 fully saturated rings. The predicted octanol–water partition coefficient (Wildman–Crippen LogP) is 0.218. The molecule has 0 amide bonds. The first-order valence-electron chi connectivity index (χ1n) is 5.96. The minimum absolute atomic E-state index is 0.171. The molecule has 0 saturated heterocycles. The van der Waals surface area contributed by atoms with Gasteiger partial charge in [-0.3, -0.25) is 9.58 Å². The van der Waals surface area contributed by atoms with Gasteiger partial charge in [0.25, 0.3) is 0 Å². The molecule has 6 nitrogen and oxygen atoms in total. The van der Waals surface area contributed by atoms with Crippen LogP contribution in [0, 0.1) is 6.92 Å². The molecular formula is C11H23N5O. The van der Waals surface area contributed by atoms with Crippen LogP contribution in [0.4, 0.5) is 5.82 Å². The van der Waals surface area contributed by atoms with E-state index in [1.807, 2.05) is 14.0 Å². The number of aliphatic hydroxyl groups excluding tert-OH is 1. The number of nitrogens with zero attached hydrogens (tertiary/aromatic N) is 3. The van der Waals surface area contributed by atoms with Crippen LogP contribution in [-0.4, -0.2) is 39.5 Å². The Morgan fingerprint density at radius 1 is 1.47 bits per heavy atom. The standard InChI is InChI=1S/C11H23N5O/c1-4-5-16(6-7-17)8-10-9(2)14-15(3)11(10)13-12/h13,17H,4-8,12H2,1-3H3. The summed E-state index contributed by atoms with van der Waals surface area (Å²) in [5, 5.41) is 13.4. The van der Waals surface area contributed by atoms with Crippen LogP contribution in [0.5, 0.6) is 0 Å². The van der Waals surface area contributed by atoms with Gasteiger partial charge in [-0.25, -0.2) is 5.84 Å². The molecule has 1 rings (SSSR count). The summed E-state index contributed by atoms with van der Waals surface area (Å²) in [6.07, 6.45) is 1.06. The van der Waals surface area contributed by atoms with Crippen molar-refractivity contribution >= 4 is 5.82 Å². The van der Waals surface area contributed by atoms with Crippen molar-refractivity contribution in [1.29, 1.82) is 0 Å². The van der Waals surface area contributed by atoms with Gasteiger partial charge in [-0.15, -0.1) is 0 Å². The number of nitrogen functional groups attached to an aromatic ring is 1. The number of nitrogens with one attached hydrogen (secondary N) is 1. The fourth-order valence-electron chi connectivity index (χ4n) is 2.02. The van der Waals surface area contributed by atoms with E-state index in [2.05, 4.69) is 22.3 Å². The summed E-state index contributed by atoms with van der Waals surface area (Å²) in [7, 11) is 1.86. The SMILES string of the molecule is CCCN(CCO)Cc1c(C)nn(C)c1NN. The highest BCUT2D eigenvalue weighted by molar-refractivity contribution is 5.46. The highest BCUT2D eigenvalue weighted by Gasteiger charge is 2.15. The van der Waals surface area contributed by atoms with Crippen LogP contribution in [0.25, 0.3) is 0 Å². The van der Waals surface area contributed by atoms with Gasteiger partial charge < -0.3 is 10.5 Å². The topological polar surface area (TPSA) is 79.3 Å². The smallest absolute Gasteiger partial charge is 0.142 e. The molecule has 6 heteroatoms. The molecule has 98 valence electrons. The summed E-state index contributed by atoms with van der Waals surface area (Å²) < 4.78 is 1.74. The number of aromatic nitrogens is 2. The second-order valence-corrected chi connectivity index (χ2v) is 4.18. The van der Waals surface area contributed by atoms with Crippen molar-refractivity contribution in [2.24, 2.45) is 12.9 Å². The average molecular weight is 241 g/mol. The lowest BCUT2D eigenvalue weighted by molar-refractivity contribution is 0.190. The van der Waals surface area contributed by atoms with E-state index >= 15 is 0 Å². The maximum atomic E-state index is 9.04. The largest absolute Gasteiger partial charge is 0.395 e. The van der Waals surface area contributed by atoms with E-state index in [0.717, 1.165) is 36.6 Å². The second kappa shape index (κ2) is 6.58. The summed E-state index contributed by atoms with van der Waals surface area (Å²) >= 11 is 0. The van der Waals surface area contributed by atoms with Gasteiger partial charge in [0.15, 0.2) is 0 Å². The first-order chi connectivity index (χ1) is 8.13. The summed E-state index contributed by atoms with van der Waals surface area (Å²) in [5.41, 5.74) is 4.75. The normalized spacial score (nSPS) is 11.2. The lowest BCUT2D eigenvalue weighted by Crippen LogP contribution is -2.28. The van der Waals surface area contributed by atoms with Crippen LogP contribution in [0.3, 0.4) is 0 Å². The van der Waals surface area contributed by atoms with Gasteiger partial charge in [0, 0.05) is 25.7 Å². The number of rotatable bonds is 7. The number of aliphatic hydroxyl groups is 1. The first kappa shape index (κ1) is 14.0. The van der Waals surface area contributed by atoms with Crippen molar-refractivity contribution in [1.82, 2.24) is 14.7 Å². The van der Waals surface area contributed by atoms with E-state index < -0.39 is 0 Å². The van der Waals surface area contributed by atoms with Crippen molar-refractivity contribution in [2.45, 2.75) is 26.8 Å². The lowest BCUT2D eigenvalue weighted by atomic mass is 10.2.